The van der Waals surface area contributed by atoms with Gasteiger partial charge < -0.3 is 10.2 Å². The van der Waals surface area contributed by atoms with Crippen molar-refractivity contribution >= 4 is 17.5 Å². The van der Waals surface area contributed by atoms with Crippen molar-refractivity contribution in [3.05, 3.63) is 12.4 Å². The van der Waals surface area contributed by atoms with Crippen molar-refractivity contribution < 1.29 is 9.59 Å². The topological polar surface area (TPSA) is 67.2 Å². The summed E-state index contributed by atoms with van der Waals surface area (Å²) in [4.78, 5) is 25.9. The second kappa shape index (κ2) is 5.26. The van der Waals surface area contributed by atoms with Crippen LogP contribution in [-0.2, 0) is 16.6 Å². The summed E-state index contributed by atoms with van der Waals surface area (Å²) >= 11 is 0. The van der Waals surface area contributed by atoms with Gasteiger partial charge in [0.05, 0.1) is 11.9 Å². The molecule has 0 aliphatic carbocycles. The van der Waals surface area contributed by atoms with Gasteiger partial charge in [0, 0.05) is 26.2 Å². The number of rotatable bonds is 3. The first-order valence-corrected chi connectivity index (χ1v) is 6.86. The van der Waals surface area contributed by atoms with E-state index >= 15 is 0 Å². The van der Waals surface area contributed by atoms with Gasteiger partial charge in [0.1, 0.15) is 6.04 Å². The van der Waals surface area contributed by atoms with Gasteiger partial charge in [-0.2, -0.15) is 5.10 Å². The molecule has 1 aliphatic heterocycles. The highest BCUT2D eigenvalue weighted by atomic mass is 16.2. The molecule has 6 nitrogen and oxygen atoms in total. The van der Waals surface area contributed by atoms with E-state index in [0.717, 1.165) is 5.69 Å². The summed E-state index contributed by atoms with van der Waals surface area (Å²) in [5, 5.41) is 6.90. The average molecular weight is 278 g/mol. The van der Waals surface area contributed by atoms with Crippen molar-refractivity contribution in [3.8, 4) is 0 Å². The zero-order valence-corrected chi connectivity index (χ0v) is 12.5. The monoisotopic (exact) mass is 278 g/mol. The highest BCUT2D eigenvalue weighted by molar-refractivity contribution is 6.01. The van der Waals surface area contributed by atoms with Crippen LogP contribution in [0.5, 0.6) is 0 Å². The quantitative estimate of drug-likeness (QED) is 0.899. The minimum absolute atomic E-state index is 0.0553. The fourth-order valence-electron chi connectivity index (χ4n) is 2.34. The molecule has 20 heavy (non-hydrogen) atoms. The lowest BCUT2D eigenvalue weighted by Crippen LogP contribution is -2.42. The van der Waals surface area contributed by atoms with Crippen LogP contribution in [0, 0.1) is 5.41 Å². The molecule has 1 aromatic heterocycles. The van der Waals surface area contributed by atoms with E-state index in [4.69, 9.17) is 0 Å². The molecule has 0 spiro atoms. The fourth-order valence-corrected chi connectivity index (χ4v) is 2.34. The van der Waals surface area contributed by atoms with Gasteiger partial charge in [-0.3, -0.25) is 14.3 Å². The molecule has 0 aromatic carbocycles. The van der Waals surface area contributed by atoms with E-state index in [1.807, 2.05) is 27.8 Å². The number of nitrogens with one attached hydrogen (secondary N) is 1. The standard InChI is InChI=1S/C14H22N4O2/c1-14(2,3)7-12(19)16-11-5-6-18(13(11)20)10-8-15-17(4)9-10/h8-9,11H,5-7H2,1-4H3,(H,16,19)/t11-/m0/s1. The number of amides is 2. The van der Waals surface area contributed by atoms with Gasteiger partial charge in [0.2, 0.25) is 11.8 Å². The van der Waals surface area contributed by atoms with Gasteiger partial charge >= 0.3 is 0 Å². The molecule has 1 aliphatic rings. The van der Waals surface area contributed by atoms with Crippen LogP contribution in [0.4, 0.5) is 5.69 Å². The number of carbonyl (C=O) groups is 2. The molecular formula is C14H22N4O2. The summed E-state index contributed by atoms with van der Waals surface area (Å²) in [5.41, 5.74) is 0.708. The third kappa shape index (κ3) is 3.37. The van der Waals surface area contributed by atoms with Gasteiger partial charge in [0.25, 0.3) is 0 Å². The van der Waals surface area contributed by atoms with E-state index in [9.17, 15) is 9.59 Å². The van der Waals surface area contributed by atoms with Gasteiger partial charge in [0.15, 0.2) is 0 Å². The van der Waals surface area contributed by atoms with Gasteiger partial charge in [-0.25, -0.2) is 0 Å². The molecule has 110 valence electrons. The largest absolute Gasteiger partial charge is 0.344 e. The second-order valence-corrected chi connectivity index (χ2v) is 6.51. The first kappa shape index (κ1) is 14.6. The summed E-state index contributed by atoms with van der Waals surface area (Å²) < 4.78 is 1.66. The van der Waals surface area contributed by atoms with Crippen molar-refractivity contribution in [3.63, 3.8) is 0 Å². The predicted molar refractivity (Wildman–Crippen MR) is 76.2 cm³/mol. The van der Waals surface area contributed by atoms with E-state index in [1.54, 1.807) is 22.0 Å². The van der Waals surface area contributed by atoms with E-state index < -0.39 is 6.04 Å². The normalized spacial score (nSPS) is 19.5. The Morgan fingerprint density at radius 2 is 2.20 bits per heavy atom. The summed E-state index contributed by atoms with van der Waals surface area (Å²) in [6.45, 7) is 6.63. The molecule has 1 saturated heterocycles. The molecule has 6 heteroatoms. The number of hydrogen-bond donors (Lipinski definition) is 1. The molecular weight excluding hydrogens is 256 g/mol. The molecule has 0 unspecified atom stereocenters. The Morgan fingerprint density at radius 1 is 1.50 bits per heavy atom. The van der Waals surface area contributed by atoms with Crippen molar-refractivity contribution in [2.45, 2.75) is 39.7 Å². The molecule has 1 fully saturated rings. The predicted octanol–water partition coefficient (Wildman–Crippen LogP) is 1.08. The maximum atomic E-state index is 12.3. The highest BCUT2D eigenvalue weighted by Crippen LogP contribution is 2.22. The van der Waals surface area contributed by atoms with Crippen molar-refractivity contribution in [2.75, 3.05) is 11.4 Å². The third-order valence-electron chi connectivity index (χ3n) is 3.23. The van der Waals surface area contributed by atoms with E-state index in [0.29, 0.717) is 19.4 Å². The van der Waals surface area contributed by atoms with Crippen LogP contribution >= 0.6 is 0 Å². The maximum Gasteiger partial charge on any atom is 0.249 e. The highest BCUT2D eigenvalue weighted by Gasteiger charge is 2.34. The summed E-state index contributed by atoms with van der Waals surface area (Å²) in [6.07, 6.45) is 4.53. The molecule has 2 heterocycles. The fraction of sp³-hybridized carbons (Fsp3) is 0.643. The first-order chi connectivity index (χ1) is 9.26. The van der Waals surface area contributed by atoms with Crippen LogP contribution in [0.15, 0.2) is 12.4 Å². The molecule has 1 aromatic rings. The number of carbonyl (C=O) groups excluding carboxylic acids is 2. The van der Waals surface area contributed by atoms with Crippen LogP contribution < -0.4 is 10.2 Å². The van der Waals surface area contributed by atoms with Crippen LogP contribution in [0.2, 0.25) is 0 Å². The number of hydrogen-bond acceptors (Lipinski definition) is 3. The van der Waals surface area contributed by atoms with Crippen molar-refractivity contribution in [2.24, 2.45) is 12.5 Å². The number of anilines is 1. The lowest BCUT2D eigenvalue weighted by Gasteiger charge is -2.19. The molecule has 0 radical (unpaired) electrons. The summed E-state index contributed by atoms with van der Waals surface area (Å²) in [5.74, 6) is -0.121. The molecule has 1 atom stereocenters. The number of aryl methyl sites for hydroxylation is 1. The minimum Gasteiger partial charge on any atom is -0.344 e. The second-order valence-electron chi connectivity index (χ2n) is 6.51. The third-order valence-corrected chi connectivity index (χ3v) is 3.23. The zero-order valence-electron chi connectivity index (χ0n) is 12.5. The van der Waals surface area contributed by atoms with E-state index in [2.05, 4.69) is 10.4 Å². The number of aromatic nitrogens is 2. The Kier molecular flexibility index (Phi) is 3.83. The molecule has 2 rings (SSSR count). The zero-order chi connectivity index (χ0) is 14.9. The van der Waals surface area contributed by atoms with Crippen LogP contribution in [0.1, 0.15) is 33.6 Å². The maximum absolute atomic E-state index is 12.3. The van der Waals surface area contributed by atoms with Gasteiger partial charge in [-0.05, 0) is 11.8 Å². The molecule has 2 amide bonds. The van der Waals surface area contributed by atoms with Gasteiger partial charge in [-0.15, -0.1) is 0 Å². The SMILES string of the molecule is Cn1cc(N2CC[C@H](NC(=O)CC(C)(C)C)C2=O)cn1. The van der Waals surface area contributed by atoms with Gasteiger partial charge in [-0.1, -0.05) is 20.8 Å². The van der Waals surface area contributed by atoms with Crippen LogP contribution in [-0.4, -0.2) is 34.2 Å². The lowest BCUT2D eigenvalue weighted by atomic mass is 9.92. The number of nitrogens with zero attached hydrogens (tertiary/aromatic N) is 3. The Balaban J connectivity index is 1.96. The van der Waals surface area contributed by atoms with Crippen LogP contribution in [0.25, 0.3) is 0 Å². The Bertz CT molecular complexity index is 515. The van der Waals surface area contributed by atoms with Crippen LogP contribution in [0.3, 0.4) is 0 Å². The Labute approximate surface area is 119 Å². The van der Waals surface area contributed by atoms with Crippen molar-refractivity contribution in [1.82, 2.24) is 15.1 Å². The Hall–Kier alpha value is -1.85. The first-order valence-electron chi connectivity index (χ1n) is 6.86. The minimum atomic E-state index is -0.412. The Morgan fingerprint density at radius 3 is 2.75 bits per heavy atom. The van der Waals surface area contributed by atoms with Crippen molar-refractivity contribution in [1.29, 1.82) is 0 Å². The summed E-state index contributed by atoms with van der Waals surface area (Å²) in [6, 6.07) is -0.412. The average Bonchev–Trinajstić information content (AvgIpc) is 2.84. The molecule has 0 saturated carbocycles. The smallest absolute Gasteiger partial charge is 0.249 e. The molecule has 0 bridgehead atoms. The summed E-state index contributed by atoms with van der Waals surface area (Å²) in [7, 11) is 1.81. The van der Waals surface area contributed by atoms with E-state index in [-0.39, 0.29) is 17.2 Å². The molecule has 1 N–H and O–H groups in total. The lowest BCUT2D eigenvalue weighted by molar-refractivity contribution is -0.127. The van der Waals surface area contributed by atoms with E-state index in [1.165, 1.54) is 0 Å².